The minimum atomic E-state index is -3.43. The number of ether oxygens (including phenoxy) is 1. The van der Waals surface area contributed by atoms with Crippen LogP contribution in [0.25, 0.3) is 0 Å². The van der Waals surface area contributed by atoms with E-state index in [4.69, 9.17) is 4.74 Å². The number of rotatable bonds is 3. The highest BCUT2D eigenvalue weighted by Crippen LogP contribution is 2.38. The minimum Gasteiger partial charge on any atom is -0.493 e. The second-order valence-corrected chi connectivity index (χ2v) is 10.2. The number of nitrogens with zero attached hydrogens (tertiary/aromatic N) is 1. The van der Waals surface area contributed by atoms with E-state index in [1.165, 1.54) is 4.88 Å². The Morgan fingerprint density at radius 3 is 2.96 bits per heavy atom. The van der Waals surface area contributed by atoms with Crippen molar-refractivity contribution in [2.24, 2.45) is 0 Å². The lowest BCUT2D eigenvalue weighted by Gasteiger charge is -2.20. The SMILES string of the molecule is O=S(=O)(c1ccc2c(c1)CCO2)N1CCS[C@@H](c2cccs2)CC1. The molecule has 0 radical (unpaired) electrons. The zero-order valence-corrected chi connectivity index (χ0v) is 15.6. The summed E-state index contributed by atoms with van der Waals surface area (Å²) in [6, 6.07) is 9.45. The normalized spacial score (nSPS) is 21.9. The number of thioether (sulfide) groups is 1. The molecule has 1 atom stereocenters. The van der Waals surface area contributed by atoms with Gasteiger partial charge in [-0.15, -0.1) is 11.3 Å². The summed E-state index contributed by atoms with van der Waals surface area (Å²) in [5.41, 5.74) is 0.997. The predicted octanol–water partition coefficient (Wildman–Crippen LogP) is 3.55. The molecular formula is C17H19NO3S3. The lowest BCUT2D eigenvalue weighted by atomic mass is 10.2. The topological polar surface area (TPSA) is 46.6 Å². The van der Waals surface area contributed by atoms with Crippen LogP contribution < -0.4 is 4.74 Å². The average molecular weight is 382 g/mol. The van der Waals surface area contributed by atoms with Gasteiger partial charge in [0, 0.05) is 35.4 Å². The average Bonchev–Trinajstić information content (AvgIpc) is 3.21. The maximum atomic E-state index is 13.0. The predicted molar refractivity (Wildman–Crippen MR) is 98.5 cm³/mol. The molecule has 0 amide bonds. The molecule has 1 aromatic heterocycles. The molecule has 2 aliphatic heterocycles. The van der Waals surface area contributed by atoms with Crippen LogP contribution in [-0.4, -0.2) is 38.2 Å². The molecule has 2 aromatic rings. The summed E-state index contributed by atoms with van der Waals surface area (Å²) in [4.78, 5) is 1.74. The van der Waals surface area contributed by atoms with Crippen LogP contribution in [0, 0.1) is 0 Å². The number of fused-ring (bicyclic) bond motifs is 1. The molecule has 0 bridgehead atoms. The molecule has 1 saturated heterocycles. The Morgan fingerprint density at radius 1 is 1.21 bits per heavy atom. The van der Waals surface area contributed by atoms with Gasteiger partial charge in [0.1, 0.15) is 5.75 Å². The Labute approximate surface area is 150 Å². The fourth-order valence-electron chi connectivity index (χ4n) is 3.16. The summed E-state index contributed by atoms with van der Waals surface area (Å²) in [7, 11) is -3.43. The lowest BCUT2D eigenvalue weighted by molar-refractivity contribution is 0.356. The second-order valence-electron chi connectivity index (χ2n) is 5.94. The first kappa shape index (κ1) is 16.4. The van der Waals surface area contributed by atoms with Crippen LogP contribution in [0.15, 0.2) is 40.6 Å². The van der Waals surface area contributed by atoms with Gasteiger partial charge in [-0.05, 0) is 41.6 Å². The van der Waals surface area contributed by atoms with E-state index in [9.17, 15) is 8.42 Å². The molecule has 1 fully saturated rings. The summed E-state index contributed by atoms with van der Waals surface area (Å²) in [5, 5.41) is 2.49. The van der Waals surface area contributed by atoms with Crippen molar-refractivity contribution in [3.8, 4) is 5.75 Å². The number of sulfonamides is 1. The molecule has 3 heterocycles. The zero-order valence-electron chi connectivity index (χ0n) is 13.2. The summed E-state index contributed by atoms with van der Waals surface area (Å²) >= 11 is 3.62. The quantitative estimate of drug-likeness (QED) is 0.816. The molecule has 0 aliphatic carbocycles. The van der Waals surface area contributed by atoms with Crippen molar-refractivity contribution in [2.45, 2.75) is 23.0 Å². The van der Waals surface area contributed by atoms with Crippen molar-refractivity contribution < 1.29 is 13.2 Å². The molecular weight excluding hydrogens is 362 g/mol. The summed E-state index contributed by atoms with van der Waals surface area (Å²) in [6.07, 6.45) is 1.65. The summed E-state index contributed by atoms with van der Waals surface area (Å²) in [5.74, 6) is 1.65. The van der Waals surface area contributed by atoms with Gasteiger partial charge in [-0.25, -0.2) is 8.42 Å². The lowest BCUT2D eigenvalue weighted by Crippen LogP contribution is -2.33. The van der Waals surface area contributed by atoms with Gasteiger partial charge in [0.2, 0.25) is 10.0 Å². The van der Waals surface area contributed by atoms with E-state index in [1.54, 1.807) is 33.8 Å². The van der Waals surface area contributed by atoms with E-state index < -0.39 is 10.0 Å². The smallest absolute Gasteiger partial charge is 0.243 e. The molecule has 4 rings (SSSR count). The van der Waals surface area contributed by atoms with Crippen molar-refractivity contribution in [3.05, 3.63) is 46.2 Å². The van der Waals surface area contributed by atoms with Crippen LogP contribution >= 0.6 is 23.1 Å². The number of benzene rings is 1. The van der Waals surface area contributed by atoms with Crippen LogP contribution in [-0.2, 0) is 16.4 Å². The zero-order chi connectivity index (χ0) is 16.6. The third-order valence-corrected chi connectivity index (χ3v) is 8.80. The van der Waals surface area contributed by atoms with Gasteiger partial charge >= 0.3 is 0 Å². The Morgan fingerprint density at radius 2 is 2.12 bits per heavy atom. The molecule has 0 N–H and O–H groups in total. The molecule has 1 aromatic carbocycles. The highest BCUT2D eigenvalue weighted by Gasteiger charge is 2.29. The Hall–Kier alpha value is -1.02. The highest BCUT2D eigenvalue weighted by molar-refractivity contribution is 7.99. The van der Waals surface area contributed by atoms with Crippen molar-refractivity contribution in [3.63, 3.8) is 0 Å². The standard InChI is InChI=1S/C17H19NO3S3/c19-24(20,14-3-4-15-13(12-14)6-9-21-15)18-7-5-17(23-11-8-18)16-2-1-10-22-16/h1-4,10,12,17H,5-9,11H2/t17-/m1/s1. The van der Waals surface area contributed by atoms with E-state index in [-0.39, 0.29) is 0 Å². The maximum absolute atomic E-state index is 13.0. The van der Waals surface area contributed by atoms with Crippen LogP contribution in [0.5, 0.6) is 5.75 Å². The third-order valence-electron chi connectivity index (χ3n) is 4.46. The molecule has 0 spiro atoms. The Balaban J connectivity index is 1.54. The van der Waals surface area contributed by atoms with Gasteiger partial charge in [-0.1, -0.05) is 6.07 Å². The van der Waals surface area contributed by atoms with Crippen molar-refractivity contribution in [1.82, 2.24) is 4.31 Å². The van der Waals surface area contributed by atoms with E-state index in [0.29, 0.717) is 29.8 Å². The minimum absolute atomic E-state index is 0.395. The van der Waals surface area contributed by atoms with Crippen molar-refractivity contribution in [1.29, 1.82) is 0 Å². The van der Waals surface area contributed by atoms with Crippen LogP contribution in [0.2, 0.25) is 0 Å². The second kappa shape index (κ2) is 6.71. The Kier molecular flexibility index (Phi) is 4.60. The maximum Gasteiger partial charge on any atom is 0.243 e. The van der Waals surface area contributed by atoms with E-state index >= 15 is 0 Å². The van der Waals surface area contributed by atoms with Gasteiger partial charge in [0.05, 0.1) is 11.5 Å². The van der Waals surface area contributed by atoms with E-state index in [1.807, 2.05) is 11.8 Å². The molecule has 4 nitrogen and oxygen atoms in total. The van der Waals surface area contributed by atoms with E-state index in [2.05, 4.69) is 17.5 Å². The van der Waals surface area contributed by atoms with Crippen molar-refractivity contribution >= 4 is 33.1 Å². The van der Waals surface area contributed by atoms with Gasteiger partial charge in [-0.2, -0.15) is 16.1 Å². The van der Waals surface area contributed by atoms with Gasteiger partial charge in [0.25, 0.3) is 0 Å². The summed E-state index contributed by atoms with van der Waals surface area (Å²) in [6.45, 7) is 1.79. The largest absolute Gasteiger partial charge is 0.493 e. The van der Waals surface area contributed by atoms with Gasteiger partial charge < -0.3 is 4.74 Å². The summed E-state index contributed by atoms with van der Waals surface area (Å²) < 4.78 is 33.1. The van der Waals surface area contributed by atoms with Crippen LogP contribution in [0.4, 0.5) is 0 Å². The fourth-order valence-corrected chi connectivity index (χ4v) is 7.02. The number of hydrogen-bond donors (Lipinski definition) is 0. The molecule has 2 aliphatic rings. The highest BCUT2D eigenvalue weighted by atomic mass is 32.2. The number of thiophene rings is 1. The monoisotopic (exact) mass is 381 g/mol. The van der Waals surface area contributed by atoms with E-state index in [0.717, 1.165) is 29.9 Å². The Bertz CT molecular complexity index is 818. The molecule has 0 unspecified atom stereocenters. The van der Waals surface area contributed by atoms with Gasteiger partial charge in [-0.3, -0.25) is 0 Å². The first-order valence-electron chi connectivity index (χ1n) is 8.05. The first-order chi connectivity index (χ1) is 11.6. The van der Waals surface area contributed by atoms with Crippen LogP contribution in [0.1, 0.15) is 22.1 Å². The molecule has 7 heteroatoms. The molecule has 0 saturated carbocycles. The van der Waals surface area contributed by atoms with Gasteiger partial charge in [0.15, 0.2) is 0 Å². The molecule has 128 valence electrons. The first-order valence-corrected chi connectivity index (χ1v) is 11.4. The van der Waals surface area contributed by atoms with Crippen molar-refractivity contribution in [2.75, 3.05) is 25.4 Å². The fraction of sp³-hybridized carbons (Fsp3) is 0.412. The third kappa shape index (κ3) is 3.10. The van der Waals surface area contributed by atoms with Crippen LogP contribution in [0.3, 0.4) is 0 Å². The number of hydrogen-bond acceptors (Lipinski definition) is 5. The molecule has 24 heavy (non-hydrogen) atoms.